The van der Waals surface area contributed by atoms with Crippen molar-refractivity contribution in [1.82, 2.24) is 0 Å². The van der Waals surface area contributed by atoms with E-state index in [9.17, 15) is 20.0 Å². The fourth-order valence-electron chi connectivity index (χ4n) is 1.58. The Morgan fingerprint density at radius 3 is 2.50 bits per heavy atom. The number of carbonyl (C=O) groups excluding carboxylic acids is 1. The van der Waals surface area contributed by atoms with Gasteiger partial charge in [-0.2, -0.15) is 0 Å². The number of aromatic hydroxyl groups is 1. The monoisotopic (exact) mass is 273 g/mol. The molecule has 20 heavy (non-hydrogen) atoms. The number of hydrogen-bond donors (Lipinski definition) is 1. The molecule has 0 radical (unpaired) electrons. The molecule has 2 aromatic carbocycles. The van der Waals surface area contributed by atoms with Crippen LogP contribution in [0.1, 0.15) is 15.9 Å². The summed E-state index contributed by atoms with van der Waals surface area (Å²) in [5.74, 6) is -0.589. The van der Waals surface area contributed by atoms with E-state index in [2.05, 4.69) is 0 Å². The molecule has 2 aromatic rings. The van der Waals surface area contributed by atoms with Crippen LogP contribution in [0.4, 0.5) is 5.69 Å². The molecule has 0 atom stereocenters. The van der Waals surface area contributed by atoms with Gasteiger partial charge in [0.05, 0.1) is 10.5 Å². The van der Waals surface area contributed by atoms with E-state index in [1.54, 1.807) is 0 Å². The number of nitro benzene ring substituents is 1. The van der Waals surface area contributed by atoms with Gasteiger partial charge in [0.2, 0.25) is 0 Å². The van der Waals surface area contributed by atoms with E-state index in [1.807, 2.05) is 0 Å². The second kappa shape index (κ2) is 5.83. The summed E-state index contributed by atoms with van der Waals surface area (Å²) >= 11 is 0. The maximum Gasteiger partial charge on any atom is 0.338 e. The van der Waals surface area contributed by atoms with Gasteiger partial charge in [0, 0.05) is 12.1 Å². The smallest absolute Gasteiger partial charge is 0.338 e. The molecule has 0 aromatic heterocycles. The van der Waals surface area contributed by atoms with Gasteiger partial charge in [0.25, 0.3) is 5.69 Å². The highest BCUT2D eigenvalue weighted by molar-refractivity contribution is 5.89. The fourth-order valence-corrected chi connectivity index (χ4v) is 1.58. The molecule has 2 rings (SSSR count). The van der Waals surface area contributed by atoms with Crippen LogP contribution in [-0.4, -0.2) is 16.0 Å². The maximum atomic E-state index is 11.7. The van der Waals surface area contributed by atoms with Crippen molar-refractivity contribution in [3.05, 3.63) is 69.8 Å². The molecule has 0 fully saturated rings. The zero-order valence-corrected chi connectivity index (χ0v) is 10.4. The molecule has 6 nitrogen and oxygen atoms in total. The van der Waals surface area contributed by atoms with Crippen molar-refractivity contribution in [2.45, 2.75) is 6.61 Å². The average Bonchev–Trinajstić information content (AvgIpc) is 2.45. The maximum absolute atomic E-state index is 11.7. The van der Waals surface area contributed by atoms with E-state index in [0.717, 1.165) is 0 Å². The quantitative estimate of drug-likeness (QED) is 0.525. The highest BCUT2D eigenvalue weighted by Crippen LogP contribution is 2.15. The summed E-state index contributed by atoms with van der Waals surface area (Å²) in [6.07, 6.45) is 0. The minimum atomic E-state index is -0.570. The number of non-ortho nitro benzene ring substituents is 1. The van der Waals surface area contributed by atoms with Crippen LogP contribution in [0.3, 0.4) is 0 Å². The Bertz CT molecular complexity index is 636. The van der Waals surface area contributed by atoms with Crippen LogP contribution in [-0.2, 0) is 11.3 Å². The van der Waals surface area contributed by atoms with Crippen molar-refractivity contribution in [3.63, 3.8) is 0 Å². The second-order valence-corrected chi connectivity index (χ2v) is 4.05. The number of nitrogens with zero attached hydrogens (tertiary/aromatic N) is 1. The van der Waals surface area contributed by atoms with Gasteiger partial charge in [0.15, 0.2) is 0 Å². The first-order valence-corrected chi connectivity index (χ1v) is 5.76. The molecule has 0 aliphatic heterocycles. The van der Waals surface area contributed by atoms with Gasteiger partial charge in [-0.3, -0.25) is 10.1 Å². The molecule has 0 aliphatic rings. The minimum absolute atomic E-state index is 0.00643. The van der Waals surface area contributed by atoms with E-state index < -0.39 is 10.9 Å². The van der Waals surface area contributed by atoms with Crippen molar-refractivity contribution in [1.29, 1.82) is 0 Å². The average molecular weight is 273 g/mol. The molecule has 0 aliphatic carbocycles. The summed E-state index contributed by atoms with van der Waals surface area (Å²) in [7, 11) is 0. The summed E-state index contributed by atoms with van der Waals surface area (Å²) < 4.78 is 5.05. The van der Waals surface area contributed by atoms with Crippen molar-refractivity contribution >= 4 is 11.7 Å². The lowest BCUT2D eigenvalue weighted by Gasteiger charge is -2.05. The Morgan fingerprint density at radius 2 is 1.90 bits per heavy atom. The Kier molecular flexibility index (Phi) is 3.95. The Labute approximate surface area is 114 Å². The van der Waals surface area contributed by atoms with Crippen LogP contribution in [0.5, 0.6) is 5.75 Å². The number of benzene rings is 2. The minimum Gasteiger partial charge on any atom is -0.508 e. The van der Waals surface area contributed by atoms with Crippen LogP contribution in [0.15, 0.2) is 48.5 Å². The van der Waals surface area contributed by atoms with E-state index in [1.165, 1.54) is 48.5 Å². The first kappa shape index (κ1) is 13.5. The lowest BCUT2D eigenvalue weighted by molar-refractivity contribution is -0.384. The normalized spacial score (nSPS) is 10.0. The highest BCUT2D eigenvalue weighted by Gasteiger charge is 2.09. The topological polar surface area (TPSA) is 89.7 Å². The lowest BCUT2D eigenvalue weighted by Crippen LogP contribution is -2.05. The Balaban J connectivity index is 1.98. The highest BCUT2D eigenvalue weighted by atomic mass is 16.6. The predicted molar refractivity (Wildman–Crippen MR) is 70.3 cm³/mol. The zero-order valence-electron chi connectivity index (χ0n) is 10.4. The fraction of sp³-hybridized carbons (Fsp3) is 0.0714. The third-order valence-corrected chi connectivity index (χ3v) is 2.60. The van der Waals surface area contributed by atoms with Crippen molar-refractivity contribution in [2.24, 2.45) is 0 Å². The van der Waals surface area contributed by atoms with Crippen LogP contribution in [0.25, 0.3) is 0 Å². The van der Waals surface area contributed by atoms with E-state index >= 15 is 0 Å². The van der Waals surface area contributed by atoms with E-state index in [-0.39, 0.29) is 23.6 Å². The van der Waals surface area contributed by atoms with E-state index in [4.69, 9.17) is 4.74 Å². The molecule has 102 valence electrons. The van der Waals surface area contributed by atoms with Crippen molar-refractivity contribution < 1.29 is 19.6 Å². The first-order valence-electron chi connectivity index (χ1n) is 5.76. The molecule has 0 saturated carbocycles. The second-order valence-electron chi connectivity index (χ2n) is 4.05. The summed E-state index contributed by atoms with van der Waals surface area (Å²) in [4.78, 5) is 21.7. The van der Waals surface area contributed by atoms with Gasteiger partial charge in [-0.05, 0) is 35.9 Å². The molecule has 0 saturated heterocycles. The molecule has 0 spiro atoms. The lowest BCUT2D eigenvalue weighted by atomic mass is 10.2. The van der Waals surface area contributed by atoms with Crippen LogP contribution in [0.2, 0.25) is 0 Å². The van der Waals surface area contributed by atoms with Crippen LogP contribution in [0, 0.1) is 10.1 Å². The third kappa shape index (κ3) is 3.32. The van der Waals surface area contributed by atoms with E-state index in [0.29, 0.717) is 5.56 Å². The van der Waals surface area contributed by atoms with Gasteiger partial charge < -0.3 is 9.84 Å². The Hall–Kier alpha value is -2.89. The van der Waals surface area contributed by atoms with Gasteiger partial charge in [-0.25, -0.2) is 4.79 Å². The number of esters is 1. The third-order valence-electron chi connectivity index (χ3n) is 2.60. The molecule has 0 amide bonds. The summed E-state index contributed by atoms with van der Waals surface area (Å²) in [5, 5.41) is 19.7. The molecule has 0 heterocycles. The molecule has 0 bridgehead atoms. The largest absolute Gasteiger partial charge is 0.508 e. The summed E-state index contributed by atoms with van der Waals surface area (Å²) in [6.45, 7) is 0.00643. The number of carbonyl (C=O) groups is 1. The van der Waals surface area contributed by atoms with Crippen LogP contribution < -0.4 is 0 Å². The van der Waals surface area contributed by atoms with Gasteiger partial charge >= 0.3 is 5.97 Å². The zero-order chi connectivity index (χ0) is 14.5. The van der Waals surface area contributed by atoms with Crippen molar-refractivity contribution in [3.8, 4) is 5.75 Å². The molecule has 6 heteroatoms. The van der Waals surface area contributed by atoms with Crippen LogP contribution >= 0.6 is 0 Å². The number of hydrogen-bond acceptors (Lipinski definition) is 5. The molecular formula is C14H11NO5. The van der Waals surface area contributed by atoms with Gasteiger partial charge in [-0.15, -0.1) is 0 Å². The number of phenols is 1. The predicted octanol–water partition coefficient (Wildman–Crippen LogP) is 2.66. The molecule has 0 unspecified atom stereocenters. The molecular weight excluding hydrogens is 262 g/mol. The Morgan fingerprint density at radius 1 is 1.20 bits per heavy atom. The number of nitro groups is 1. The standard InChI is InChI=1S/C14H11NO5/c16-13-3-1-2-11(8-13)14(17)20-9-10-4-6-12(7-5-10)15(18)19/h1-8,16H,9H2. The SMILES string of the molecule is O=C(OCc1ccc([N+](=O)[O-])cc1)c1cccc(O)c1. The molecule has 1 N–H and O–H groups in total. The number of rotatable bonds is 4. The van der Waals surface area contributed by atoms with Gasteiger partial charge in [-0.1, -0.05) is 6.07 Å². The first-order chi connectivity index (χ1) is 9.56. The van der Waals surface area contributed by atoms with Crippen molar-refractivity contribution in [2.75, 3.05) is 0 Å². The summed E-state index contributed by atoms with van der Waals surface area (Å²) in [6, 6.07) is 11.6. The summed E-state index contributed by atoms with van der Waals surface area (Å²) in [5.41, 5.74) is 0.865. The number of ether oxygens (including phenoxy) is 1. The number of phenolic OH excluding ortho intramolecular Hbond substituents is 1. The van der Waals surface area contributed by atoms with Gasteiger partial charge in [0.1, 0.15) is 12.4 Å².